The Morgan fingerprint density at radius 2 is 1.79 bits per heavy atom. The molecule has 0 radical (unpaired) electrons. The first-order valence-electron chi connectivity index (χ1n) is 6.19. The summed E-state index contributed by atoms with van der Waals surface area (Å²) in [5, 5.41) is 0. The molecule has 0 unspecified atom stereocenters. The van der Waals surface area contributed by atoms with Crippen molar-refractivity contribution in [3.8, 4) is 11.4 Å². The first-order valence-corrected chi connectivity index (χ1v) is 6.19. The van der Waals surface area contributed by atoms with E-state index >= 15 is 0 Å². The van der Waals surface area contributed by atoms with Gasteiger partial charge in [-0.1, -0.05) is 20.8 Å². The molecule has 0 saturated heterocycles. The Kier molecular flexibility index (Phi) is 3.27. The molecule has 4 heteroatoms. The second-order valence-electron chi connectivity index (χ2n) is 5.71. The van der Waals surface area contributed by atoms with Crippen molar-refractivity contribution in [2.75, 3.05) is 5.73 Å². The van der Waals surface area contributed by atoms with Crippen LogP contribution in [0.3, 0.4) is 0 Å². The van der Waals surface area contributed by atoms with Gasteiger partial charge in [-0.3, -0.25) is 0 Å². The number of nitrogens with two attached hydrogens (primary N) is 1. The molecule has 0 saturated carbocycles. The van der Waals surface area contributed by atoms with Crippen molar-refractivity contribution in [3.05, 3.63) is 41.3 Å². The SMILES string of the molecule is Cc1cc(F)ccc1-c1nc(N)cc(C(C)(C)C)n1. The fraction of sp³-hybridized carbons (Fsp3) is 0.333. The van der Waals surface area contributed by atoms with Crippen LogP contribution in [-0.4, -0.2) is 9.97 Å². The molecule has 0 bridgehead atoms. The number of aryl methyl sites for hydroxylation is 1. The second-order valence-corrected chi connectivity index (χ2v) is 5.71. The van der Waals surface area contributed by atoms with Gasteiger partial charge in [0.1, 0.15) is 11.6 Å². The molecule has 2 rings (SSSR count). The second kappa shape index (κ2) is 4.61. The molecule has 19 heavy (non-hydrogen) atoms. The normalized spacial score (nSPS) is 11.6. The first-order chi connectivity index (χ1) is 8.77. The van der Waals surface area contributed by atoms with E-state index in [4.69, 9.17) is 5.73 Å². The molecule has 1 aromatic heterocycles. The zero-order chi connectivity index (χ0) is 14.2. The summed E-state index contributed by atoms with van der Waals surface area (Å²) in [5.74, 6) is 0.710. The topological polar surface area (TPSA) is 51.8 Å². The molecular weight excluding hydrogens is 241 g/mol. The summed E-state index contributed by atoms with van der Waals surface area (Å²) in [5.41, 5.74) is 8.21. The van der Waals surface area contributed by atoms with Gasteiger partial charge in [0.2, 0.25) is 0 Å². The quantitative estimate of drug-likeness (QED) is 0.853. The van der Waals surface area contributed by atoms with E-state index in [0.717, 1.165) is 16.8 Å². The van der Waals surface area contributed by atoms with E-state index in [1.807, 2.05) is 6.92 Å². The molecule has 1 aromatic carbocycles. The van der Waals surface area contributed by atoms with Crippen molar-refractivity contribution in [1.29, 1.82) is 0 Å². The minimum Gasteiger partial charge on any atom is -0.384 e. The predicted octanol–water partition coefficient (Wildman–Crippen LogP) is 3.47. The Balaban J connectivity index is 2.59. The maximum Gasteiger partial charge on any atom is 0.162 e. The van der Waals surface area contributed by atoms with Crippen LogP contribution in [0.5, 0.6) is 0 Å². The largest absolute Gasteiger partial charge is 0.384 e. The zero-order valence-corrected chi connectivity index (χ0v) is 11.7. The third-order valence-electron chi connectivity index (χ3n) is 2.94. The van der Waals surface area contributed by atoms with Gasteiger partial charge in [0, 0.05) is 17.0 Å². The van der Waals surface area contributed by atoms with E-state index in [2.05, 4.69) is 30.7 Å². The van der Waals surface area contributed by atoms with Gasteiger partial charge < -0.3 is 5.73 Å². The molecule has 2 N–H and O–H groups in total. The molecule has 0 fully saturated rings. The summed E-state index contributed by atoms with van der Waals surface area (Å²) in [4.78, 5) is 8.80. The van der Waals surface area contributed by atoms with Gasteiger partial charge in [-0.25, -0.2) is 14.4 Å². The predicted molar refractivity (Wildman–Crippen MR) is 75.3 cm³/mol. The zero-order valence-electron chi connectivity index (χ0n) is 11.7. The smallest absolute Gasteiger partial charge is 0.162 e. The molecule has 1 heterocycles. The van der Waals surface area contributed by atoms with Crippen molar-refractivity contribution in [3.63, 3.8) is 0 Å². The first kappa shape index (κ1) is 13.5. The van der Waals surface area contributed by atoms with Gasteiger partial charge >= 0.3 is 0 Å². The van der Waals surface area contributed by atoms with E-state index < -0.39 is 0 Å². The van der Waals surface area contributed by atoms with E-state index in [-0.39, 0.29) is 11.2 Å². The minimum atomic E-state index is -0.263. The highest BCUT2D eigenvalue weighted by atomic mass is 19.1. The number of rotatable bonds is 1. The highest BCUT2D eigenvalue weighted by molar-refractivity contribution is 5.61. The molecule has 3 nitrogen and oxygen atoms in total. The lowest BCUT2D eigenvalue weighted by Crippen LogP contribution is -2.15. The average Bonchev–Trinajstić information content (AvgIpc) is 2.26. The maximum absolute atomic E-state index is 13.1. The van der Waals surface area contributed by atoms with Crippen molar-refractivity contribution in [2.24, 2.45) is 0 Å². The Hall–Kier alpha value is -1.97. The summed E-state index contributed by atoms with van der Waals surface area (Å²) in [6, 6.07) is 6.35. The number of benzene rings is 1. The van der Waals surface area contributed by atoms with E-state index in [1.165, 1.54) is 12.1 Å². The number of anilines is 1. The summed E-state index contributed by atoms with van der Waals surface area (Å²) >= 11 is 0. The fourth-order valence-corrected chi connectivity index (χ4v) is 1.85. The number of hydrogen-bond acceptors (Lipinski definition) is 3. The van der Waals surface area contributed by atoms with E-state index in [9.17, 15) is 4.39 Å². The molecule has 0 amide bonds. The lowest BCUT2D eigenvalue weighted by atomic mass is 9.91. The molecule has 0 aliphatic carbocycles. The van der Waals surface area contributed by atoms with Crippen LogP contribution in [0.25, 0.3) is 11.4 Å². The summed E-state index contributed by atoms with van der Waals surface area (Å²) < 4.78 is 13.1. The molecule has 2 aromatic rings. The molecule has 0 aliphatic rings. The van der Waals surface area contributed by atoms with Crippen molar-refractivity contribution >= 4 is 5.82 Å². The number of halogens is 1. The Morgan fingerprint density at radius 3 is 2.37 bits per heavy atom. The average molecular weight is 259 g/mol. The maximum atomic E-state index is 13.1. The van der Waals surface area contributed by atoms with Crippen molar-refractivity contribution in [2.45, 2.75) is 33.1 Å². The molecule has 0 aliphatic heterocycles. The summed E-state index contributed by atoms with van der Waals surface area (Å²) in [7, 11) is 0. The lowest BCUT2D eigenvalue weighted by molar-refractivity contribution is 0.568. The molecular formula is C15H18FN3. The number of aromatic nitrogens is 2. The van der Waals surface area contributed by atoms with Gasteiger partial charge in [0.25, 0.3) is 0 Å². The lowest BCUT2D eigenvalue weighted by Gasteiger charge is -2.19. The third kappa shape index (κ3) is 2.89. The number of hydrogen-bond donors (Lipinski definition) is 1. The third-order valence-corrected chi connectivity index (χ3v) is 2.94. The Bertz CT molecular complexity index is 615. The summed E-state index contributed by atoms with van der Waals surface area (Å²) in [6.45, 7) is 8.03. The van der Waals surface area contributed by atoms with Gasteiger partial charge in [0.15, 0.2) is 5.82 Å². The summed E-state index contributed by atoms with van der Waals surface area (Å²) in [6.07, 6.45) is 0. The van der Waals surface area contributed by atoms with Crippen LogP contribution in [0.15, 0.2) is 24.3 Å². The van der Waals surface area contributed by atoms with Crippen LogP contribution >= 0.6 is 0 Å². The van der Waals surface area contributed by atoms with Crippen LogP contribution in [0.4, 0.5) is 10.2 Å². The van der Waals surface area contributed by atoms with Gasteiger partial charge in [0.05, 0.1) is 5.69 Å². The highest BCUT2D eigenvalue weighted by Crippen LogP contribution is 2.26. The minimum absolute atomic E-state index is 0.111. The van der Waals surface area contributed by atoms with E-state index in [0.29, 0.717) is 11.6 Å². The van der Waals surface area contributed by atoms with Crippen molar-refractivity contribution in [1.82, 2.24) is 9.97 Å². The molecule has 0 spiro atoms. The van der Waals surface area contributed by atoms with Crippen LogP contribution in [0.2, 0.25) is 0 Å². The van der Waals surface area contributed by atoms with Crippen LogP contribution in [0.1, 0.15) is 32.0 Å². The van der Waals surface area contributed by atoms with E-state index in [1.54, 1.807) is 12.1 Å². The van der Waals surface area contributed by atoms with Crippen LogP contribution in [-0.2, 0) is 5.41 Å². The van der Waals surface area contributed by atoms with Gasteiger partial charge in [-0.05, 0) is 30.7 Å². The molecule has 0 atom stereocenters. The van der Waals surface area contributed by atoms with Crippen LogP contribution in [0, 0.1) is 12.7 Å². The fourth-order valence-electron chi connectivity index (χ4n) is 1.85. The Labute approximate surface area is 112 Å². The van der Waals surface area contributed by atoms with Gasteiger partial charge in [-0.15, -0.1) is 0 Å². The molecule has 100 valence electrons. The highest BCUT2D eigenvalue weighted by Gasteiger charge is 2.18. The monoisotopic (exact) mass is 259 g/mol. The van der Waals surface area contributed by atoms with Crippen molar-refractivity contribution < 1.29 is 4.39 Å². The van der Waals surface area contributed by atoms with Crippen LogP contribution < -0.4 is 5.73 Å². The van der Waals surface area contributed by atoms with Gasteiger partial charge in [-0.2, -0.15) is 0 Å². The Morgan fingerprint density at radius 1 is 1.11 bits per heavy atom. The standard InChI is InChI=1S/C15H18FN3/c1-9-7-10(16)5-6-11(9)14-18-12(15(2,3)4)8-13(17)19-14/h5-8H,1-4H3,(H2,17,18,19). The number of nitrogen functional groups attached to an aromatic ring is 1. The number of nitrogens with zero attached hydrogens (tertiary/aromatic N) is 2.